The van der Waals surface area contributed by atoms with Crippen molar-refractivity contribution >= 4 is 39.2 Å². The predicted octanol–water partition coefficient (Wildman–Crippen LogP) is 2.68. The fourth-order valence-electron chi connectivity index (χ4n) is 8.03. The van der Waals surface area contributed by atoms with Crippen LogP contribution in [0.5, 0.6) is 0 Å². The van der Waals surface area contributed by atoms with Gasteiger partial charge in [-0.15, -0.1) is 5.10 Å². The highest BCUT2D eigenvalue weighted by molar-refractivity contribution is 7.91. The van der Waals surface area contributed by atoms with Gasteiger partial charge in [0.1, 0.15) is 23.2 Å². The molecule has 0 unspecified atom stereocenters. The first kappa shape index (κ1) is 40.9. The Hall–Kier alpha value is -4.32. The molecule has 54 heavy (non-hydrogen) atoms. The van der Waals surface area contributed by atoms with Gasteiger partial charge >= 0.3 is 5.76 Å². The van der Waals surface area contributed by atoms with Crippen molar-refractivity contribution in [3.63, 3.8) is 0 Å². The topological polar surface area (TPSA) is 224 Å². The quantitative estimate of drug-likeness (QED) is 0.205. The molecule has 18 heteroatoms. The summed E-state index contributed by atoms with van der Waals surface area (Å²) in [6.07, 6.45) is 9.53. The van der Waals surface area contributed by atoms with E-state index in [9.17, 15) is 46.3 Å². The molecular formula is C36H49F2N7O8S. The summed E-state index contributed by atoms with van der Waals surface area (Å²) >= 11 is 0. The number of nitrogens with zero attached hydrogens (tertiary/aromatic N) is 4. The first-order chi connectivity index (χ1) is 25.4. The van der Waals surface area contributed by atoms with Crippen LogP contribution in [0, 0.1) is 5.92 Å². The molecule has 1 aromatic carbocycles. The van der Waals surface area contributed by atoms with Crippen molar-refractivity contribution in [1.29, 1.82) is 0 Å². The van der Waals surface area contributed by atoms with Crippen LogP contribution in [-0.2, 0) is 34.6 Å². The highest BCUT2D eigenvalue weighted by Gasteiger charge is 2.49. The number of Topliss-reactive ketones (excluding diaryl/α,β-unsaturated/α-hetero) is 1. The molecule has 0 radical (unpaired) electrons. The molecule has 0 bridgehead atoms. The van der Waals surface area contributed by atoms with E-state index in [1.807, 2.05) is 0 Å². The largest absolute Gasteiger partial charge is 0.384 e. The summed E-state index contributed by atoms with van der Waals surface area (Å²) in [4.78, 5) is 68.5. The average Bonchev–Trinajstić information content (AvgIpc) is 3.82. The molecule has 5 rings (SSSR count). The normalized spacial score (nSPS) is 21.4. The molecule has 2 aromatic rings. The summed E-state index contributed by atoms with van der Waals surface area (Å²) in [5, 5.41) is 24.5. The Balaban J connectivity index is 1.47. The second kappa shape index (κ2) is 16.6. The number of sulfone groups is 1. The molecule has 3 aliphatic rings. The number of nitrogens with one attached hydrogen (secondary N) is 2. The minimum absolute atomic E-state index is 0.00573. The van der Waals surface area contributed by atoms with Crippen LogP contribution in [0.2, 0.25) is 0 Å². The summed E-state index contributed by atoms with van der Waals surface area (Å²) < 4.78 is 51.6. The Bertz CT molecular complexity index is 1820. The minimum Gasteiger partial charge on any atom is -0.384 e. The van der Waals surface area contributed by atoms with Crippen molar-refractivity contribution in [3.05, 3.63) is 41.7 Å². The van der Waals surface area contributed by atoms with Crippen LogP contribution in [0.1, 0.15) is 119 Å². The fourth-order valence-corrected chi connectivity index (χ4v) is 8.75. The maximum absolute atomic E-state index is 14.7. The minimum atomic E-state index is -4.90. The number of hydrogen-bond donors (Lipinski definition) is 4. The van der Waals surface area contributed by atoms with Crippen molar-refractivity contribution in [2.75, 3.05) is 6.54 Å². The summed E-state index contributed by atoms with van der Waals surface area (Å²) in [6, 6.07) is 0.921. The van der Waals surface area contributed by atoms with Gasteiger partial charge in [0.2, 0.25) is 27.4 Å². The number of carbonyl (C=O) groups excluding carboxylic acids is 5. The maximum Gasteiger partial charge on any atom is 0.341 e. The summed E-state index contributed by atoms with van der Waals surface area (Å²) in [6.45, 7) is 2.99. The van der Waals surface area contributed by atoms with Gasteiger partial charge in [0.05, 0.1) is 22.8 Å². The molecule has 15 nitrogen and oxygen atoms in total. The first-order valence-corrected chi connectivity index (χ1v) is 20.0. The molecule has 2 aliphatic carbocycles. The zero-order chi connectivity index (χ0) is 39.4. The van der Waals surface area contributed by atoms with Gasteiger partial charge in [0, 0.05) is 18.5 Å². The molecule has 5 N–H and O–H groups in total. The Labute approximate surface area is 312 Å². The molecule has 2 heterocycles. The van der Waals surface area contributed by atoms with Crippen molar-refractivity contribution in [2.45, 2.75) is 137 Å². The van der Waals surface area contributed by atoms with E-state index in [4.69, 9.17) is 5.73 Å². The molecular weight excluding hydrogens is 729 g/mol. The van der Waals surface area contributed by atoms with Gasteiger partial charge in [0.25, 0.3) is 11.8 Å². The standard InChI is InChI=1S/C36H49F2N7O8S/c1-35(2,51)28-20-40-43-45(28)24-19-27(32(49)42-36(29(46)30(39)47)17-7-4-8-18-36)44(21-24)33(50)26(16-11-22-9-5-3-6-10-22)41-31(48)23-12-14-25(15-13-23)54(52,53)34(37)38/h12-15,20,22,24,26-27,34,51H,3-11,16-19,21H2,1-2H3,(H2,39,47)(H,41,48)(H,42,49)/t24-,26+,27-/m0/s1. The number of alkyl halides is 2. The predicted molar refractivity (Wildman–Crippen MR) is 189 cm³/mol. The van der Waals surface area contributed by atoms with Crippen molar-refractivity contribution in [2.24, 2.45) is 11.7 Å². The van der Waals surface area contributed by atoms with Gasteiger partial charge < -0.3 is 26.4 Å². The van der Waals surface area contributed by atoms with Crippen molar-refractivity contribution < 1.29 is 46.3 Å². The van der Waals surface area contributed by atoms with E-state index < -0.39 is 79.2 Å². The zero-order valence-electron chi connectivity index (χ0n) is 30.5. The van der Waals surface area contributed by atoms with Crippen molar-refractivity contribution in [3.8, 4) is 0 Å². The smallest absolute Gasteiger partial charge is 0.341 e. The lowest BCUT2D eigenvalue weighted by atomic mass is 9.78. The van der Waals surface area contributed by atoms with Crippen LogP contribution in [0.15, 0.2) is 35.4 Å². The Morgan fingerprint density at radius 1 is 1.02 bits per heavy atom. The third-order valence-electron chi connectivity index (χ3n) is 11.0. The molecule has 4 amide bonds. The van der Waals surface area contributed by atoms with Crippen LogP contribution in [0.25, 0.3) is 0 Å². The molecule has 1 saturated heterocycles. The third kappa shape index (κ3) is 8.96. The van der Waals surface area contributed by atoms with Gasteiger partial charge in [-0.25, -0.2) is 13.1 Å². The number of primary amides is 1. The molecule has 1 aliphatic heterocycles. The number of rotatable bonds is 14. The SMILES string of the molecule is CC(C)(O)c1cnnn1[C@H]1C[C@@H](C(=O)NC2(C(=O)C(N)=O)CCCCC2)N(C(=O)[C@@H](CCC2CCCCC2)NC(=O)c2ccc(S(=O)(=O)C(F)F)cc2)C1. The van der Waals surface area contributed by atoms with Crippen LogP contribution in [0.3, 0.4) is 0 Å². The molecule has 3 fully saturated rings. The number of hydrogen-bond acceptors (Lipinski definition) is 10. The lowest BCUT2D eigenvalue weighted by Gasteiger charge is -2.37. The van der Waals surface area contributed by atoms with Gasteiger partial charge in [-0.2, -0.15) is 8.78 Å². The van der Waals surface area contributed by atoms with Crippen LogP contribution in [-0.4, -0.2) is 92.8 Å². The number of nitrogens with two attached hydrogens (primary N) is 1. The van der Waals surface area contributed by atoms with Crippen LogP contribution >= 0.6 is 0 Å². The number of aliphatic hydroxyl groups is 1. The molecule has 296 valence electrons. The van der Waals surface area contributed by atoms with Gasteiger partial charge in [0.15, 0.2) is 0 Å². The van der Waals surface area contributed by atoms with Crippen LogP contribution < -0.4 is 16.4 Å². The van der Waals surface area contributed by atoms with E-state index in [0.717, 1.165) is 62.8 Å². The van der Waals surface area contributed by atoms with E-state index in [1.165, 1.54) is 15.8 Å². The number of likely N-dealkylation sites (tertiary alicyclic amines) is 1. The van der Waals surface area contributed by atoms with Crippen molar-refractivity contribution in [1.82, 2.24) is 30.5 Å². The lowest BCUT2D eigenvalue weighted by Crippen LogP contribution is -2.62. The number of benzene rings is 1. The number of ketones is 1. The summed E-state index contributed by atoms with van der Waals surface area (Å²) in [5.74, 6) is -7.52. The van der Waals surface area contributed by atoms with Gasteiger partial charge in [-0.3, -0.25) is 24.0 Å². The number of amides is 4. The summed E-state index contributed by atoms with van der Waals surface area (Å²) in [5.41, 5.74) is 2.74. The first-order valence-electron chi connectivity index (χ1n) is 18.5. The van der Waals surface area contributed by atoms with E-state index in [0.29, 0.717) is 30.9 Å². The van der Waals surface area contributed by atoms with E-state index in [1.54, 1.807) is 13.8 Å². The highest BCUT2D eigenvalue weighted by Crippen LogP contribution is 2.35. The highest BCUT2D eigenvalue weighted by atomic mass is 32.2. The van der Waals surface area contributed by atoms with Crippen LogP contribution in [0.4, 0.5) is 8.78 Å². The zero-order valence-corrected chi connectivity index (χ0v) is 31.3. The molecule has 1 aromatic heterocycles. The Morgan fingerprint density at radius 3 is 2.24 bits per heavy atom. The maximum atomic E-state index is 14.7. The number of aromatic nitrogens is 3. The van der Waals surface area contributed by atoms with Gasteiger partial charge in [-0.05, 0) is 69.7 Å². The molecule has 3 atom stereocenters. The lowest BCUT2D eigenvalue weighted by molar-refractivity contribution is -0.145. The third-order valence-corrected chi connectivity index (χ3v) is 12.4. The average molecular weight is 778 g/mol. The van der Waals surface area contributed by atoms with E-state index in [-0.39, 0.29) is 37.8 Å². The number of halogens is 2. The van der Waals surface area contributed by atoms with Gasteiger partial charge in [-0.1, -0.05) is 56.6 Å². The second-order valence-electron chi connectivity index (χ2n) is 15.3. The number of carbonyl (C=O) groups is 5. The van der Waals surface area contributed by atoms with E-state index >= 15 is 0 Å². The Kier molecular flexibility index (Phi) is 12.6. The summed E-state index contributed by atoms with van der Waals surface area (Å²) in [7, 11) is -4.90. The fraction of sp³-hybridized carbons (Fsp3) is 0.639. The second-order valence-corrected chi connectivity index (χ2v) is 17.2. The monoisotopic (exact) mass is 777 g/mol. The Morgan fingerprint density at radius 2 is 1.65 bits per heavy atom. The molecule has 0 spiro atoms. The molecule has 2 saturated carbocycles. The van der Waals surface area contributed by atoms with E-state index in [2.05, 4.69) is 20.9 Å².